The number of piperidine rings is 1. The summed E-state index contributed by atoms with van der Waals surface area (Å²) in [5, 5.41) is 7.84. The molecule has 1 saturated heterocycles. The van der Waals surface area contributed by atoms with Crippen LogP contribution in [0.25, 0.3) is 0 Å². The van der Waals surface area contributed by atoms with Crippen molar-refractivity contribution in [3.05, 3.63) is 36.0 Å². The molecule has 1 saturated carbocycles. The minimum Gasteiger partial charge on any atom is -0.367 e. The Morgan fingerprint density at radius 1 is 1.13 bits per heavy atom. The second-order valence-corrected chi connectivity index (χ2v) is 6.72. The van der Waals surface area contributed by atoms with Crippen LogP contribution in [-0.4, -0.2) is 43.8 Å². The molecule has 1 aliphatic heterocycles. The molecule has 23 heavy (non-hydrogen) atoms. The van der Waals surface area contributed by atoms with E-state index in [2.05, 4.69) is 31.3 Å². The molecule has 122 valence electrons. The first-order chi connectivity index (χ1) is 11.3. The van der Waals surface area contributed by atoms with E-state index in [4.69, 9.17) is 0 Å². The van der Waals surface area contributed by atoms with Crippen LogP contribution < -0.4 is 5.32 Å². The molecule has 1 N–H and O–H groups in total. The maximum absolute atomic E-state index is 4.67. The fourth-order valence-corrected chi connectivity index (χ4v) is 3.22. The number of anilines is 1. The van der Waals surface area contributed by atoms with Gasteiger partial charge in [0.15, 0.2) is 0 Å². The normalized spacial score (nSPS) is 19.9. The summed E-state index contributed by atoms with van der Waals surface area (Å²) in [5.74, 6) is 2.62. The van der Waals surface area contributed by atoms with Gasteiger partial charge in [-0.25, -0.2) is 9.97 Å². The lowest BCUT2D eigenvalue weighted by atomic mass is 10.0. The van der Waals surface area contributed by atoms with Crippen molar-refractivity contribution in [1.29, 1.82) is 0 Å². The summed E-state index contributed by atoms with van der Waals surface area (Å²) in [7, 11) is 2.01. The van der Waals surface area contributed by atoms with E-state index in [9.17, 15) is 0 Å². The van der Waals surface area contributed by atoms with Crippen molar-refractivity contribution in [1.82, 2.24) is 24.6 Å². The number of hydrogen-bond acceptors (Lipinski definition) is 5. The van der Waals surface area contributed by atoms with Crippen molar-refractivity contribution in [2.45, 2.75) is 44.2 Å². The summed E-state index contributed by atoms with van der Waals surface area (Å²) in [6.45, 7) is 3.22. The van der Waals surface area contributed by atoms with Crippen LogP contribution in [0, 0.1) is 0 Å². The predicted octanol–water partition coefficient (Wildman–Crippen LogP) is 2.16. The fraction of sp³-hybridized carbons (Fsp3) is 0.588. The number of aromatic nitrogens is 4. The van der Waals surface area contributed by atoms with E-state index >= 15 is 0 Å². The van der Waals surface area contributed by atoms with Gasteiger partial charge in [0.25, 0.3) is 0 Å². The molecule has 2 aromatic heterocycles. The Kier molecular flexibility index (Phi) is 3.99. The van der Waals surface area contributed by atoms with E-state index in [0.29, 0.717) is 12.0 Å². The van der Waals surface area contributed by atoms with Crippen LogP contribution in [-0.2, 0) is 13.6 Å². The number of nitrogens with one attached hydrogen (secondary N) is 1. The molecule has 0 aromatic carbocycles. The molecule has 2 aromatic rings. The van der Waals surface area contributed by atoms with Gasteiger partial charge in [0, 0.05) is 51.0 Å². The van der Waals surface area contributed by atoms with E-state index in [1.807, 2.05) is 30.2 Å². The van der Waals surface area contributed by atoms with E-state index in [-0.39, 0.29) is 0 Å². The van der Waals surface area contributed by atoms with Gasteiger partial charge in [-0.1, -0.05) is 0 Å². The second-order valence-electron chi connectivity index (χ2n) is 6.72. The number of rotatable bonds is 5. The first-order valence-electron chi connectivity index (χ1n) is 8.56. The predicted molar refractivity (Wildman–Crippen MR) is 89.1 cm³/mol. The highest BCUT2D eigenvalue weighted by molar-refractivity contribution is 5.35. The first-order valence-corrected chi connectivity index (χ1v) is 8.56. The molecule has 6 nitrogen and oxygen atoms in total. The van der Waals surface area contributed by atoms with E-state index in [1.165, 1.54) is 18.5 Å². The molecule has 0 unspecified atom stereocenters. The first kappa shape index (κ1) is 14.6. The Labute approximate surface area is 136 Å². The molecule has 0 spiro atoms. The fourth-order valence-electron chi connectivity index (χ4n) is 3.22. The van der Waals surface area contributed by atoms with E-state index in [1.54, 1.807) is 0 Å². The minimum absolute atomic E-state index is 0.514. The van der Waals surface area contributed by atoms with Crippen molar-refractivity contribution in [2.24, 2.45) is 7.05 Å². The zero-order chi connectivity index (χ0) is 15.6. The van der Waals surface area contributed by atoms with Gasteiger partial charge in [-0.05, 0) is 37.8 Å². The van der Waals surface area contributed by atoms with Crippen molar-refractivity contribution < 1.29 is 0 Å². The molecule has 0 radical (unpaired) electrons. The third-order valence-electron chi connectivity index (χ3n) is 4.86. The third kappa shape index (κ3) is 3.52. The smallest absolute Gasteiger partial charge is 0.133 e. The summed E-state index contributed by atoms with van der Waals surface area (Å²) in [6.07, 6.45) is 8.56. The van der Waals surface area contributed by atoms with Gasteiger partial charge in [-0.2, -0.15) is 5.10 Å². The van der Waals surface area contributed by atoms with Gasteiger partial charge in [0.1, 0.15) is 11.6 Å². The van der Waals surface area contributed by atoms with E-state index in [0.717, 1.165) is 44.1 Å². The number of hydrogen-bond donors (Lipinski definition) is 1. The van der Waals surface area contributed by atoms with E-state index < -0.39 is 0 Å². The van der Waals surface area contributed by atoms with Gasteiger partial charge in [0.2, 0.25) is 0 Å². The van der Waals surface area contributed by atoms with Crippen LogP contribution in [0.5, 0.6) is 0 Å². The highest BCUT2D eigenvalue weighted by Gasteiger charge is 2.27. The average molecular weight is 312 g/mol. The standard InChI is InChI=1S/C17H24N6/c1-22-15(4-9-19-22)12-23-10-6-14(7-11-23)20-16-5-8-18-17(21-16)13-2-3-13/h4-5,8-9,13-14H,2-3,6-7,10-12H2,1H3,(H,18,20,21). The van der Waals surface area contributed by atoms with Gasteiger partial charge in [-0.15, -0.1) is 0 Å². The number of aryl methyl sites for hydroxylation is 1. The maximum Gasteiger partial charge on any atom is 0.133 e. The molecule has 0 bridgehead atoms. The highest BCUT2D eigenvalue weighted by Crippen LogP contribution is 2.38. The molecule has 2 aliphatic rings. The minimum atomic E-state index is 0.514. The van der Waals surface area contributed by atoms with Crippen LogP contribution in [0.1, 0.15) is 43.1 Å². The molecule has 0 amide bonds. The van der Waals surface area contributed by atoms with Crippen molar-refractivity contribution in [2.75, 3.05) is 18.4 Å². The van der Waals surface area contributed by atoms with Crippen LogP contribution in [0.2, 0.25) is 0 Å². The zero-order valence-corrected chi connectivity index (χ0v) is 13.6. The molecular weight excluding hydrogens is 288 g/mol. The summed E-state index contributed by atoms with van der Waals surface area (Å²) >= 11 is 0. The van der Waals surface area contributed by atoms with Crippen molar-refractivity contribution in [3.8, 4) is 0 Å². The molecule has 4 rings (SSSR count). The summed E-state index contributed by atoms with van der Waals surface area (Å²) in [5.41, 5.74) is 1.28. The topological polar surface area (TPSA) is 58.9 Å². The lowest BCUT2D eigenvalue weighted by molar-refractivity contribution is 0.206. The lowest BCUT2D eigenvalue weighted by Crippen LogP contribution is -2.39. The summed E-state index contributed by atoms with van der Waals surface area (Å²) in [4.78, 5) is 11.6. The SMILES string of the molecule is Cn1nccc1CN1CCC(Nc2ccnc(C3CC3)n2)CC1. The molecular formula is C17H24N6. The van der Waals surface area contributed by atoms with Gasteiger partial charge >= 0.3 is 0 Å². The lowest BCUT2D eigenvalue weighted by Gasteiger charge is -2.32. The number of likely N-dealkylation sites (tertiary alicyclic amines) is 1. The van der Waals surface area contributed by atoms with Gasteiger partial charge < -0.3 is 5.32 Å². The Balaban J connectivity index is 1.29. The third-order valence-corrected chi connectivity index (χ3v) is 4.86. The van der Waals surface area contributed by atoms with Crippen molar-refractivity contribution in [3.63, 3.8) is 0 Å². The summed E-state index contributed by atoms with van der Waals surface area (Å²) < 4.78 is 1.96. The maximum atomic E-state index is 4.67. The average Bonchev–Trinajstić information content (AvgIpc) is 3.34. The van der Waals surface area contributed by atoms with Crippen LogP contribution in [0.15, 0.2) is 24.5 Å². The van der Waals surface area contributed by atoms with Crippen LogP contribution >= 0.6 is 0 Å². The Morgan fingerprint density at radius 3 is 2.65 bits per heavy atom. The quantitative estimate of drug-likeness (QED) is 0.917. The zero-order valence-electron chi connectivity index (χ0n) is 13.6. The van der Waals surface area contributed by atoms with Crippen molar-refractivity contribution >= 4 is 5.82 Å². The molecule has 1 aliphatic carbocycles. The Bertz CT molecular complexity index is 655. The Hall–Kier alpha value is -1.95. The monoisotopic (exact) mass is 312 g/mol. The highest BCUT2D eigenvalue weighted by atomic mass is 15.3. The van der Waals surface area contributed by atoms with Crippen LogP contribution in [0.4, 0.5) is 5.82 Å². The van der Waals surface area contributed by atoms with Gasteiger partial charge in [-0.3, -0.25) is 9.58 Å². The largest absolute Gasteiger partial charge is 0.367 e. The second kappa shape index (κ2) is 6.28. The van der Waals surface area contributed by atoms with Gasteiger partial charge in [0.05, 0.1) is 5.69 Å². The molecule has 0 atom stereocenters. The molecule has 6 heteroatoms. The Morgan fingerprint density at radius 2 is 1.96 bits per heavy atom. The molecule has 2 fully saturated rings. The van der Waals surface area contributed by atoms with Crippen LogP contribution in [0.3, 0.4) is 0 Å². The summed E-state index contributed by atoms with van der Waals surface area (Å²) in [6, 6.07) is 4.61. The number of nitrogens with zero attached hydrogens (tertiary/aromatic N) is 5. The molecule has 3 heterocycles.